The molecule has 0 atom stereocenters. The third-order valence-electron chi connectivity index (χ3n) is 3.56. The zero-order valence-electron chi connectivity index (χ0n) is 15.4. The highest BCUT2D eigenvalue weighted by Crippen LogP contribution is 2.60. The maximum Gasteiger partial charge on any atom is 0.460 e. The van der Waals surface area contributed by atoms with Gasteiger partial charge in [-0.05, 0) is 0 Å². The Morgan fingerprint density at radius 3 is 0.676 bits per heavy atom. The molecule has 37 heavy (non-hydrogen) atoms. The molecule has 0 N–H and O–H groups in total. The van der Waals surface area contributed by atoms with Crippen LogP contribution in [0.15, 0.2) is 0 Å². The Kier molecular flexibility index (Phi) is 8.82. The summed E-state index contributed by atoms with van der Waals surface area (Å²) >= 11 is -13.0. The predicted molar refractivity (Wildman–Crippen MR) is 69.1 cm³/mol. The SMILES string of the molecule is O=S(OS(=O)C(F)(F)C(F)(F)C(F)(F)C(F)(F)C(F)(F)F)C(F)(F)C(F)(F)C(F)(F)C(F)(F)C(F)(F)F. The highest BCUT2D eigenvalue weighted by molar-refractivity contribution is 7.94. The Morgan fingerprint density at radius 1 is 0.324 bits per heavy atom. The number of rotatable bonds is 10. The summed E-state index contributed by atoms with van der Waals surface area (Å²) in [6, 6.07) is 0. The summed E-state index contributed by atoms with van der Waals surface area (Å²) in [5.74, 6) is -50.0. The van der Waals surface area contributed by atoms with Crippen LogP contribution in [-0.2, 0) is 25.8 Å². The Morgan fingerprint density at radius 2 is 0.514 bits per heavy atom. The van der Waals surface area contributed by atoms with E-state index in [9.17, 15) is 105 Å². The maximum absolute atomic E-state index is 13.3. The summed E-state index contributed by atoms with van der Waals surface area (Å²) in [5, 5.41) is -15.8. The van der Waals surface area contributed by atoms with Crippen molar-refractivity contribution in [3.63, 3.8) is 0 Å². The van der Waals surface area contributed by atoms with Crippen LogP contribution in [0.25, 0.3) is 0 Å². The number of hydrogen-bond acceptors (Lipinski definition) is 3. The topological polar surface area (TPSA) is 43.4 Å². The first kappa shape index (κ1) is 35.7. The van der Waals surface area contributed by atoms with Crippen LogP contribution in [0.5, 0.6) is 0 Å². The van der Waals surface area contributed by atoms with Crippen molar-refractivity contribution in [2.24, 2.45) is 0 Å². The van der Waals surface area contributed by atoms with Crippen molar-refractivity contribution < 1.29 is 109 Å². The van der Waals surface area contributed by atoms with Gasteiger partial charge in [-0.3, -0.25) is 0 Å². The van der Waals surface area contributed by atoms with Gasteiger partial charge in [0.15, 0.2) is 0 Å². The van der Waals surface area contributed by atoms with Gasteiger partial charge in [0.25, 0.3) is 0 Å². The van der Waals surface area contributed by atoms with Gasteiger partial charge in [0, 0.05) is 0 Å². The molecule has 27 heteroatoms. The second-order valence-electron chi connectivity index (χ2n) is 6.01. The summed E-state index contributed by atoms with van der Waals surface area (Å²) in [5.41, 5.74) is 0. The lowest BCUT2D eigenvalue weighted by molar-refractivity contribution is -0.413. The molecule has 0 aliphatic heterocycles. The standard InChI is InChI=1S/C10F22O3S2/c11-1(12,3(15,16)7(23,24)25)5(19,20)9(29,30)36(33)35-37(34)10(31,32)6(21,22)2(13,14)4(17,18)8(26,27)28. The summed E-state index contributed by atoms with van der Waals surface area (Å²) in [6.07, 6.45) is -15.7. The van der Waals surface area contributed by atoms with Gasteiger partial charge in [0.2, 0.25) is 22.2 Å². The minimum absolute atomic E-state index is 1.90. The molecule has 0 bridgehead atoms. The molecular weight excluding hydrogens is 650 g/mol. The summed E-state index contributed by atoms with van der Waals surface area (Å²) in [7, 11) is 0. The van der Waals surface area contributed by atoms with Gasteiger partial charge in [-0.1, -0.05) is 0 Å². The van der Waals surface area contributed by atoms with Gasteiger partial charge in [-0.25, -0.2) is 8.42 Å². The summed E-state index contributed by atoms with van der Waals surface area (Å²) in [6.45, 7) is 0. The van der Waals surface area contributed by atoms with E-state index in [1.807, 2.05) is 3.63 Å². The second kappa shape index (κ2) is 9.14. The first-order valence-corrected chi connectivity index (χ1v) is 9.38. The van der Waals surface area contributed by atoms with Crippen molar-refractivity contribution in [1.29, 1.82) is 0 Å². The lowest BCUT2D eigenvalue weighted by atomic mass is 10.0. The van der Waals surface area contributed by atoms with Gasteiger partial charge < -0.3 is 0 Å². The first-order valence-electron chi connectivity index (χ1n) is 7.23. The minimum Gasteiger partial charge on any atom is -0.222 e. The molecule has 0 aromatic rings. The van der Waals surface area contributed by atoms with Gasteiger partial charge in [0.05, 0.1) is 0 Å². The van der Waals surface area contributed by atoms with E-state index in [1.54, 1.807) is 0 Å². The highest BCUT2D eigenvalue weighted by atomic mass is 32.3. The molecule has 0 amide bonds. The Balaban J connectivity index is 6.47. The number of hydrogen-bond donors (Lipinski definition) is 0. The zero-order valence-corrected chi connectivity index (χ0v) is 17.0. The lowest BCUT2D eigenvalue weighted by Crippen LogP contribution is -2.68. The van der Waals surface area contributed by atoms with E-state index < -0.39 is 80.6 Å². The van der Waals surface area contributed by atoms with Crippen LogP contribution in [0.3, 0.4) is 0 Å². The van der Waals surface area contributed by atoms with Crippen LogP contribution < -0.4 is 0 Å². The number of alkyl halides is 22. The van der Waals surface area contributed by atoms with Crippen molar-refractivity contribution in [1.82, 2.24) is 0 Å². The predicted octanol–water partition coefficient (Wildman–Crippen LogP) is 6.45. The third-order valence-corrected chi connectivity index (χ3v) is 5.90. The molecule has 0 unspecified atom stereocenters. The molecule has 224 valence electrons. The largest absolute Gasteiger partial charge is 0.460 e. The minimum atomic E-state index is -8.43. The monoisotopic (exact) mass is 650 g/mol. The molecular formula is C10F22O3S2. The fourth-order valence-corrected chi connectivity index (χ4v) is 3.27. The van der Waals surface area contributed by atoms with Crippen molar-refractivity contribution in [2.45, 2.75) is 58.4 Å². The van der Waals surface area contributed by atoms with Crippen molar-refractivity contribution in [2.75, 3.05) is 0 Å². The van der Waals surface area contributed by atoms with Crippen molar-refractivity contribution in [3.05, 3.63) is 0 Å². The van der Waals surface area contributed by atoms with Crippen LogP contribution in [0, 0.1) is 0 Å². The average molecular weight is 650 g/mol. The van der Waals surface area contributed by atoms with Crippen LogP contribution in [-0.4, -0.2) is 66.8 Å². The Labute approximate surface area is 190 Å². The summed E-state index contributed by atoms with van der Waals surface area (Å²) in [4.78, 5) is 0. The van der Waals surface area contributed by atoms with E-state index in [0.29, 0.717) is 0 Å². The van der Waals surface area contributed by atoms with Crippen molar-refractivity contribution in [3.8, 4) is 0 Å². The fourth-order valence-electron chi connectivity index (χ4n) is 1.47. The molecule has 0 aromatic carbocycles. The molecule has 3 nitrogen and oxygen atoms in total. The van der Waals surface area contributed by atoms with Crippen LogP contribution in [0.2, 0.25) is 0 Å². The van der Waals surface area contributed by atoms with E-state index >= 15 is 0 Å². The molecule has 0 aliphatic rings. The van der Waals surface area contributed by atoms with Gasteiger partial charge in [-0.2, -0.15) is 100 Å². The molecule has 0 rings (SSSR count). The molecule has 0 spiro atoms. The number of halogens is 22. The lowest BCUT2D eigenvalue weighted by Gasteiger charge is -2.37. The van der Waals surface area contributed by atoms with Gasteiger partial charge >= 0.3 is 58.4 Å². The van der Waals surface area contributed by atoms with E-state index in [-0.39, 0.29) is 0 Å². The Hall–Kier alpha value is -1.28. The fraction of sp³-hybridized carbons (Fsp3) is 1.00. The molecule has 0 saturated carbocycles. The van der Waals surface area contributed by atoms with Crippen LogP contribution >= 0.6 is 0 Å². The average Bonchev–Trinajstić information content (AvgIpc) is 2.64. The van der Waals surface area contributed by atoms with E-state index in [0.717, 1.165) is 0 Å². The molecule has 0 radical (unpaired) electrons. The van der Waals surface area contributed by atoms with Crippen molar-refractivity contribution >= 4 is 22.2 Å². The quantitative estimate of drug-likeness (QED) is 0.256. The second-order valence-corrected chi connectivity index (χ2v) is 8.52. The molecule has 0 heterocycles. The molecule has 0 aromatic heterocycles. The smallest absolute Gasteiger partial charge is 0.222 e. The van der Waals surface area contributed by atoms with Crippen LogP contribution in [0.1, 0.15) is 0 Å². The summed E-state index contributed by atoms with van der Waals surface area (Å²) < 4.78 is 303. The first-order chi connectivity index (χ1) is 15.5. The van der Waals surface area contributed by atoms with E-state index in [1.165, 1.54) is 0 Å². The van der Waals surface area contributed by atoms with Crippen LogP contribution in [0.4, 0.5) is 96.6 Å². The highest BCUT2D eigenvalue weighted by Gasteiger charge is 2.90. The molecule has 0 aliphatic carbocycles. The maximum atomic E-state index is 13.3. The van der Waals surface area contributed by atoms with Gasteiger partial charge in [0.1, 0.15) is 0 Å². The molecule has 0 saturated heterocycles. The zero-order chi connectivity index (χ0) is 30.9. The Bertz CT molecular complexity index is 827. The van der Waals surface area contributed by atoms with Gasteiger partial charge in [-0.15, -0.1) is 0 Å². The molecule has 0 fully saturated rings. The normalized spacial score (nSPS) is 18.1. The third kappa shape index (κ3) is 4.94. The van der Waals surface area contributed by atoms with E-state index in [4.69, 9.17) is 0 Å². The van der Waals surface area contributed by atoms with E-state index in [2.05, 4.69) is 0 Å².